The first-order valence-corrected chi connectivity index (χ1v) is 11.1. The topological polar surface area (TPSA) is 111 Å². The van der Waals surface area contributed by atoms with E-state index in [1.165, 1.54) is 0 Å². The van der Waals surface area contributed by atoms with Crippen molar-refractivity contribution in [2.24, 2.45) is 0 Å². The van der Waals surface area contributed by atoms with Crippen LogP contribution in [0.4, 0.5) is 0 Å². The third kappa shape index (κ3) is 4.27. The predicted octanol–water partition coefficient (Wildman–Crippen LogP) is 4.13. The highest BCUT2D eigenvalue weighted by Crippen LogP contribution is 2.33. The molecule has 0 fully saturated rings. The molecule has 8 heteroatoms. The van der Waals surface area contributed by atoms with Crippen LogP contribution in [0, 0.1) is 0 Å². The summed E-state index contributed by atoms with van der Waals surface area (Å²) in [7, 11) is 0. The predicted molar refractivity (Wildman–Crippen MR) is 131 cm³/mol. The van der Waals surface area contributed by atoms with Crippen LogP contribution in [0.25, 0.3) is 11.1 Å². The second-order valence-corrected chi connectivity index (χ2v) is 8.30. The van der Waals surface area contributed by atoms with E-state index in [1.54, 1.807) is 86.6 Å². The Hall–Kier alpha value is -4.98. The Labute approximate surface area is 206 Å². The number of ether oxygens (including phenoxy) is 2. The lowest BCUT2D eigenvalue weighted by molar-refractivity contribution is -0.125. The van der Waals surface area contributed by atoms with Gasteiger partial charge < -0.3 is 9.47 Å². The van der Waals surface area contributed by atoms with Gasteiger partial charge in [0.15, 0.2) is 0 Å². The quantitative estimate of drug-likeness (QED) is 0.514. The molecular weight excluding hydrogens is 460 g/mol. The summed E-state index contributed by atoms with van der Waals surface area (Å²) in [5.41, 5.74) is 2.53. The van der Waals surface area contributed by atoms with Gasteiger partial charge in [-0.3, -0.25) is 29.8 Å². The van der Waals surface area contributed by atoms with E-state index in [0.717, 1.165) is 0 Å². The monoisotopic (exact) mass is 480 g/mol. The van der Waals surface area contributed by atoms with Crippen molar-refractivity contribution in [1.29, 1.82) is 0 Å². The average molecular weight is 480 g/mol. The van der Waals surface area contributed by atoms with Crippen LogP contribution >= 0.6 is 0 Å². The lowest BCUT2D eigenvalue weighted by Crippen LogP contribution is -2.22. The molecule has 0 spiro atoms. The molecule has 178 valence electrons. The minimum atomic E-state index is -0.433. The maximum Gasteiger partial charge on any atom is 0.259 e. The maximum absolute atomic E-state index is 12.2. The highest BCUT2D eigenvalue weighted by atomic mass is 16.5. The van der Waals surface area contributed by atoms with Crippen LogP contribution in [0.2, 0.25) is 0 Å². The third-order valence-electron chi connectivity index (χ3n) is 5.86. The van der Waals surface area contributed by atoms with Crippen LogP contribution in [-0.2, 0) is 19.2 Å². The van der Waals surface area contributed by atoms with Gasteiger partial charge in [0.05, 0.1) is 11.1 Å². The lowest BCUT2D eigenvalue weighted by atomic mass is 10.0. The smallest absolute Gasteiger partial charge is 0.259 e. The Bertz CT molecular complexity index is 1420. The molecule has 0 aliphatic carbocycles. The van der Waals surface area contributed by atoms with Crippen LogP contribution in [0.5, 0.6) is 23.0 Å². The van der Waals surface area contributed by atoms with Crippen molar-refractivity contribution in [3.8, 4) is 23.0 Å². The standard InChI is InChI=1S/C28H20N2O6/c1-15-23(27(33)29-25(15)31)17-6-3-8-19(12-17)35-21-10-5-11-22(14-21)36-20-9-4-7-18(13-20)24-16(2)26(32)30-28(24)34/h3-14H,1-2H3,(H,29,31,33)(H,30,32,34). The molecule has 2 heterocycles. The number of imide groups is 2. The molecule has 2 N–H and O–H groups in total. The number of carbonyl (C=O) groups excluding carboxylic acids is 4. The van der Waals surface area contributed by atoms with Crippen molar-refractivity contribution >= 4 is 34.8 Å². The molecule has 2 aliphatic rings. The molecule has 0 unspecified atom stereocenters. The fourth-order valence-electron chi connectivity index (χ4n) is 4.09. The molecule has 0 saturated carbocycles. The molecule has 0 saturated heterocycles. The Balaban J connectivity index is 1.36. The minimum Gasteiger partial charge on any atom is -0.457 e. The Morgan fingerprint density at radius 1 is 0.500 bits per heavy atom. The van der Waals surface area contributed by atoms with E-state index in [0.29, 0.717) is 56.4 Å². The fraction of sp³-hybridized carbons (Fsp3) is 0.0714. The van der Waals surface area contributed by atoms with E-state index in [2.05, 4.69) is 10.6 Å². The average Bonchev–Trinajstić information content (AvgIpc) is 3.25. The summed E-state index contributed by atoms with van der Waals surface area (Å²) in [6.45, 7) is 3.21. The highest BCUT2D eigenvalue weighted by Gasteiger charge is 2.29. The van der Waals surface area contributed by atoms with Crippen molar-refractivity contribution in [3.05, 3.63) is 95.1 Å². The van der Waals surface area contributed by atoms with Crippen molar-refractivity contribution in [2.75, 3.05) is 0 Å². The summed E-state index contributed by atoms with van der Waals surface area (Å²) in [6.07, 6.45) is 0. The first kappa shape index (κ1) is 22.8. The van der Waals surface area contributed by atoms with Gasteiger partial charge in [0, 0.05) is 17.2 Å². The zero-order chi connectivity index (χ0) is 25.4. The normalized spacial score (nSPS) is 15.4. The summed E-state index contributed by atoms with van der Waals surface area (Å²) >= 11 is 0. The van der Waals surface area contributed by atoms with Crippen molar-refractivity contribution in [1.82, 2.24) is 10.6 Å². The zero-order valence-electron chi connectivity index (χ0n) is 19.4. The molecule has 3 aromatic carbocycles. The van der Waals surface area contributed by atoms with Gasteiger partial charge in [0.2, 0.25) is 0 Å². The molecule has 36 heavy (non-hydrogen) atoms. The first-order valence-electron chi connectivity index (χ1n) is 11.1. The highest BCUT2D eigenvalue weighted by molar-refractivity contribution is 6.36. The van der Waals surface area contributed by atoms with Gasteiger partial charge in [-0.15, -0.1) is 0 Å². The van der Waals surface area contributed by atoms with Crippen LogP contribution in [0.3, 0.4) is 0 Å². The Kier molecular flexibility index (Phi) is 5.69. The molecule has 0 bridgehead atoms. The lowest BCUT2D eigenvalue weighted by Gasteiger charge is -2.11. The largest absolute Gasteiger partial charge is 0.457 e. The second kappa shape index (κ2) is 8.99. The van der Waals surface area contributed by atoms with Crippen molar-refractivity contribution < 1.29 is 28.7 Å². The zero-order valence-corrected chi connectivity index (χ0v) is 19.4. The van der Waals surface area contributed by atoms with E-state index in [-0.39, 0.29) is 0 Å². The first-order chi connectivity index (χ1) is 17.3. The van der Waals surface area contributed by atoms with Crippen LogP contribution in [0.1, 0.15) is 25.0 Å². The number of benzene rings is 3. The van der Waals surface area contributed by atoms with Crippen LogP contribution in [0.15, 0.2) is 83.9 Å². The maximum atomic E-state index is 12.2. The van der Waals surface area contributed by atoms with Crippen molar-refractivity contribution in [3.63, 3.8) is 0 Å². The number of hydrogen-bond acceptors (Lipinski definition) is 6. The number of hydrogen-bond donors (Lipinski definition) is 2. The summed E-state index contributed by atoms with van der Waals surface area (Å²) in [5.74, 6) is 0.298. The summed E-state index contributed by atoms with van der Waals surface area (Å²) in [4.78, 5) is 47.9. The van der Waals surface area contributed by atoms with E-state index >= 15 is 0 Å². The summed E-state index contributed by atoms with van der Waals surface area (Å²) in [6, 6.07) is 20.8. The van der Waals surface area contributed by atoms with Gasteiger partial charge in [0.25, 0.3) is 23.6 Å². The third-order valence-corrected chi connectivity index (χ3v) is 5.86. The van der Waals surface area contributed by atoms with E-state index in [1.807, 2.05) is 0 Å². The number of nitrogens with one attached hydrogen (secondary N) is 2. The molecule has 0 radical (unpaired) electrons. The molecule has 5 rings (SSSR count). The minimum absolute atomic E-state index is 0.324. The van der Waals surface area contributed by atoms with E-state index < -0.39 is 23.6 Å². The van der Waals surface area contributed by atoms with Gasteiger partial charge in [-0.25, -0.2) is 0 Å². The molecule has 8 nitrogen and oxygen atoms in total. The Morgan fingerprint density at radius 2 is 0.861 bits per heavy atom. The molecule has 0 aromatic heterocycles. The molecule has 2 aliphatic heterocycles. The van der Waals surface area contributed by atoms with Crippen LogP contribution < -0.4 is 20.1 Å². The van der Waals surface area contributed by atoms with E-state index in [4.69, 9.17) is 9.47 Å². The molecule has 0 atom stereocenters. The van der Waals surface area contributed by atoms with Crippen LogP contribution in [-0.4, -0.2) is 23.6 Å². The SMILES string of the molecule is CC1=C(c2cccc(Oc3cccc(Oc4cccc(C5=C(C)C(=O)NC5=O)c4)c3)c2)C(=O)NC1=O. The van der Waals surface area contributed by atoms with Gasteiger partial charge >= 0.3 is 0 Å². The van der Waals surface area contributed by atoms with E-state index in [9.17, 15) is 19.2 Å². The van der Waals surface area contributed by atoms with Crippen molar-refractivity contribution in [2.45, 2.75) is 13.8 Å². The number of carbonyl (C=O) groups is 4. The van der Waals surface area contributed by atoms with Gasteiger partial charge in [-0.1, -0.05) is 30.3 Å². The summed E-state index contributed by atoms with van der Waals surface area (Å²) < 4.78 is 12.0. The number of rotatable bonds is 6. The molecular formula is C28H20N2O6. The Morgan fingerprint density at radius 3 is 1.22 bits per heavy atom. The molecule has 4 amide bonds. The van der Waals surface area contributed by atoms with Gasteiger partial charge in [-0.05, 0) is 61.4 Å². The molecule has 3 aromatic rings. The fourth-order valence-corrected chi connectivity index (χ4v) is 4.09. The van der Waals surface area contributed by atoms with Gasteiger partial charge in [-0.2, -0.15) is 0 Å². The van der Waals surface area contributed by atoms with Gasteiger partial charge in [0.1, 0.15) is 23.0 Å². The second-order valence-electron chi connectivity index (χ2n) is 8.30. The summed E-state index contributed by atoms with van der Waals surface area (Å²) in [5, 5.41) is 4.59. The number of amides is 4.